The predicted octanol–water partition coefficient (Wildman–Crippen LogP) is 2.46. The number of nitrogens with one attached hydrogen (secondary N) is 1. The molecule has 0 radical (unpaired) electrons. The van der Waals surface area contributed by atoms with Crippen LogP contribution in [0, 0.1) is 0 Å². The summed E-state index contributed by atoms with van der Waals surface area (Å²) in [6, 6.07) is 0.688. The van der Waals surface area contributed by atoms with E-state index in [4.69, 9.17) is 0 Å². The van der Waals surface area contributed by atoms with E-state index in [0.29, 0.717) is 6.04 Å². The van der Waals surface area contributed by atoms with E-state index < -0.39 is 0 Å². The lowest BCUT2D eigenvalue weighted by Crippen LogP contribution is -2.23. The molecule has 0 bridgehead atoms. The Morgan fingerprint density at radius 3 is 3.00 bits per heavy atom. The van der Waals surface area contributed by atoms with Crippen LogP contribution >= 0.6 is 11.3 Å². The van der Waals surface area contributed by atoms with Crippen molar-refractivity contribution in [2.24, 2.45) is 0 Å². The molecule has 1 aromatic heterocycles. The van der Waals surface area contributed by atoms with Crippen LogP contribution in [0.25, 0.3) is 0 Å². The van der Waals surface area contributed by atoms with Gasteiger partial charge in [0.2, 0.25) is 0 Å². The number of rotatable bonds is 6. The Hall–Kier alpha value is -0.410. The number of aromatic nitrogens is 1. The Morgan fingerprint density at radius 2 is 2.46 bits per heavy atom. The van der Waals surface area contributed by atoms with Gasteiger partial charge < -0.3 is 5.32 Å². The van der Waals surface area contributed by atoms with E-state index in [2.05, 4.69) is 17.2 Å². The van der Waals surface area contributed by atoms with Crippen LogP contribution in [0.1, 0.15) is 31.1 Å². The summed E-state index contributed by atoms with van der Waals surface area (Å²) < 4.78 is 0. The highest BCUT2D eigenvalue weighted by atomic mass is 32.1. The lowest BCUT2D eigenvalue weighted by Gasteiger charge is -2.12. The standard InChI is InChI=1S/C10H18N2S/c1-3-9(11-2)5-4-6-10-7-12-8-13-10/h7-9,11H,3-6H2,1-2H3. The molecular weight excluding hydrogens is 180 g/mol. The van der Waals surface area contributed by atoms with Gasteiger partial charge in [0.15, 0.2) is 0 Å². The molecule has 1 heterocycles. The molecule has 2 nitrogen and oxygen atoms in total. The van der Waals surface area contributed by atoms with Gasteiger partial charge >= 0.3 is 0 Å². The molecule has 0 aliphatic heterocycles. The van der Waals surface area contributed by atoms with E-state index in [9.17, 15) is 0 Å². The molecule has 1 rings (SSSR count). The maximum Gasteiger partial charge on any atom is 0.0794 e. The van der Waals surface area contributed by atoms with Gasteiger partial charge in [0, 0.05) is 17.1 Å². The summed E-state index contributed by atoms with van der Waals surface area (Å²) in [7, 11) is 2.04. The summed E-state index contributed by atoms with van der Waals surface area (Å²) in [6.07, 6.45) is 6.92. The van der Waals surface area contributed by atoms with Crippen LogP contribution in [0.4, 0.5) is 0 Å². The quantitative estimate of drug-likeness (QED) is 0.759. The first-order valence-electron chi connectivity index (χ1n) is 4.91. The highest BCUT2D eigenvalue weighted by molar-refractivity contribution is 7.09. The second kappa shape index (κ2) is 6.11. The zero-order valence-corrected chi connectivity index (χ0v) is 9.23. The Labute approximate surface area is 84.4 Å². The first-order valence-corrected chi connectivity index (χ1v) is 5.79. The molecule has 1 unspecified atom stereocenters. The minimum atomic E-state index is 0.688. The fraction of sp³-hybridized carbons (Fsp3) is 0.700. The number of aryl methyl sites for hydroxylation is 1. The lowest BCUT2D eigenvalue weighted by atomic mass is 10.1. The second-order valence-electron chi connectivity index (χ2n) is 3.25. The summed E-state index contributed by atoms with van der Waals surface area (Å²) >= 11 is 1.76. The van der Waals surface area contributed by atoms with Gasteiger partial charge in [0.05, 0.1) is 5.51 Å². The van der Waals surface area contributed by atoms with Crippen molar-refractivity contribution in [1.82, 2.24) is 10.3 Å². The highest BCUT2D eigenvalue weighted by Gasteiger charge is 2.02. The second-order valence-corrected chi connectivity index (χ2v) is 4.22. The zero-order valence-electron chi connectivity index (χ0n) is 8.42. The van der Waals surface area contributed by atoms with Crippen LogP contribution in [0.15, 0.2) is 11.7 Å². The molecule has 0 amide bonds. The van der Waals surface area contributed by atoms with Crippen molar-refractivity contribution >= 4 is 11.3 Å². The molecule has 0 aliphatic carbocycles. The monoisotopic (exact) mass is 198 g/mol. The highest BCUT2D eigenvalue weighted by Crippen LogP contribution is 2.11. The normalized spacial score (nSPS) is 13.1. The molecule has 0 aromatic carbocycles. The van der Waals surface area contributed by atoms with E-state index in [1.807, 2.05) is 18.8 Å². The minimum Gasteiger partial charge on any atom is -0.317 e. The van der Waals surface area contributed by atoms with E-state index in [1.165, 1.54) is 30.6 Å². The number of hydrogen-bond acceptors (Lipinski definition) is 3. The van der Waals surface area contributed by atoms with Gasteiger partial charge in [0.1, 0.15) is 0 Å². The largest absolute Gasteiger partial charge is 0.317 e. The fourth-order valence-electron chi connectivity index (χ4n) is 1.44. The molecule has 0 saturated heterocycles. The van der Waals surface area contributed by atoms with E-state index in [1.54, 1.807) is 11.3 Å². The Morgan fingerprint density at radius 1 is 1.62 bits per heavy atom. The van der Waals surface area contributed by atoms with Gasteiger partial charge in [-0.15, -0.1) is 11.3 Å². The topological polar surface area (TPSA) is 24.9 Å². The van der Waals surface area contributed by atoms with E-state index in [0.717, 1.165) is 0 Å². The average molecular weight is 198 g/mol. The fourth-order valence-corrected chi connectivity index (χ4v) is 2.08. The summed E-state index contributed by atoms with van der Waals surface area (Å²) in [5, 5.41) is 3.32. The first kappa shape index (κ1) is 10.7. The molecule has 0 saturated carbocycles. The molecule has 13 heavy (non-hydrogen) atoms. The van der Waals surface area contributed by atoms with Crippen LogP contribution in [-0.2, 0) is 6.42 Å². The third-order valence-corrected chi connectivity index (χ3v) is 3.20. The molecule has 74 valence electrons. The molecule has 0 aliphatic rings. The number of nitrogens with zero attached hydrogens (tertiary/aromatic N) is 1. The number of thiazole rings is 1. The third kappa shape index (κ3) is 3.87. The third-order valence-electron chi connectivity index (χ3n) is 2.36. The van der Waals surface area contributed by atoms with Crippen molar-refractivity contribution in [1.29, 1.82) is 0 Å². The molecule has 0 spiro atoms. The van der Waals surface area contributed by atoms with Crippen molar-refractivity contribution < 1.29 is 0 Å². The number of hydrogen-bond donors (Lipinski definition) is 1. The molecule has 1 N–H and O–H groups in total. The molecule has 0 fully saturated rings. The summed E-state index contributed by atoms with van der Waals surface area (Å²) in [4.78, 5) is 5.47. The van der Waals surface area contributed by atoms with Crippen LogP contribution < -0.4 is 5.32 Å². The van der Waals surface area contributed by atoms with Gasteiger partial charge in [-0.3, -0.25) is 4.98 Å². The summed E-state index contributed by atoms with van der Waals surface area (Å²) in [6.45, 7) is 2.23. The minimum absolute atomic E-state index is 0.688. The lowest BCUT2D eigenvalue weighted by molar-refractivity contribution is 0.492. The van der Waals surface area contributed by atoms with Crippen molar-refractivity contribution in [3.63, 3.8) is 0 Å². The molecular formula is C10H18N2S. The van der Waals surface area contributed by atoms with Crippen LogP contribution in [0.2, 0.25) is 0 Å². The van der Waals surface area contributed by atoms with Crippen molar-refractivity contribution in [2.45, 2.75) is 38.6 Å². The Bertz CT molecular complexity index is 205. The van der Waals surface area contributed by atoms with Gasteiger partial charge in [-0.2, -0.15) is 0 Å². The smallest absolute Gasteiger partial charge is 0.0794 e. The van der Waals surface area contributed by atoms with E-state index >= 15 is 0 Å². The first-order chi connectivity index (χ1) is 6.36. The maximum absolute atomic E-state index is 4.06. The van der Waals surface area contributed by atoms with E-state index in [-0.39, 0.29) is 0 Å². The van der Waals surface area contributed by atoms with Gasteiger partial charge in [-0.05, 0) is 32.7 Å². The summed E-state index contributed by atoms with van der Waals surface area (Å²) in [5.41, 5.74) is 1.91. The van der Waals surface area contributed by atoms with Crippen molar-refractivity contribution in [3.8, 4) is 0 Å². The molecule has 3 heteroatoms. The van der Waals surface area contributed by atoms with Crippen molar-refractivity contribution in [2.75, 3.05) is 7.05 Å². The predicted molar refractivity (Wildman–Crippen MR) is 58.2 cm³/mol. The SMILES string of the molecule is CCC(CCCc1cncs1)NC. The van der Waals surface area contributed by atoms with Crippen LogP contribution in [-0.4, -0.2) is 18.1 Å². The Balaban J connectivity index is 2.13. The maximum atomic E-state index is 4.06. The molecule has 1 atom stereocenters. The zero-order chi connectivity index (χ0) is 9.52. The average Bonchev–Trinajstić information content (AvgIpc) is 2.65. The van der Waals surface area contributed by atoms with Crippen molar-refractivity contribution in [3.05, 3.63) is 16.6 Å². The summed E-state index contributed by atoms with van der Waals surface area (Å²) in [5.74, 6) is 0. The van der Waals surface area contributed by atoms with Gasteiger partial charge in [-0.25, -0.2) is 0 Å². The Kier molecular flexibility index (Phi) is 5.01. The van der Waals surface area contributed by atoms with Gasteiger partial charge in [-0.1, -0.05) is 6.92 Å². The van der Waals surface area contributed by atoms with Gasteiger partial charge in [0.25, 0.3) is 0 Å². The van der Waals surface area contributed by atoms with Crippen LogP contribution in [0.3, 0.4) is 0 Å². The van der Waals surface area contributed by atoms with Crippen LogP contribution in [0.5, 0.6) is 0 Å². The molecule has 1 aromatic rings.